The van der Waals surface area contributed by atoms with E-state index in [-0.39, 0.29) is 18.1 Å². The molecule has 0 spiro atoms. The van der Waals surface area contributed by atoms with E-state index >= 15 is 0 Å². The van der Waals surface area contributed by atoms with Gasteiger partial charge in [-0.15, -0.1) is 0 Å². The van der Waals surface area contributed by atoms with Crippen molar-refractivity contribution in [3.63, 3.8) is 0 Å². The van der Waals surface area contributed by atoms with E-state index in [0.29, 0.717) is 16.9 Å². The number of benzene rings is 2. The Labute approximate surface area is 134 Å². The zero-order valence-electron chi connectivity index (χ0n) is 13.3. The minimum Gasteiger partial charge on any atom is -0.376 e. The summed E-state index contributed by atoms with van der Waals surface area (Å²) in [5, 5.41) is 16.7. The van der Waals surface area contributed by atoms with E-state index < -0.39 is 4.92 Å². The molecule has 0 saturated carbocycles. The summed E-state index contributed by atoms with van der Waals surface area (Å²) in [7, 11) is 0. The molecule has 6 heteroatoms. The van der Waals surface area contributed by atoms with Crippen molar-refractivity contribution in [1.82, 2.24) is 0 Å². The van der Waals surface area contributed by atoms with Gasteiger partial charge in [0.25, 0.3) is 5.69 Å². The molecule has 0 unspecified atom stereocenters. The molecule has 2 aromatic rings. The standard InChI is InChI=1S/C17H19N3O3/c1-11-4-6-14(7-5-11)19-17(21)10-18-15-9-16(20(22)23)13(3)8-12(15)2/h4-9,18H,10H2,1-3H3,(H,19,21). The Morgan fingerprint density at radius 2 is 1.74 bits per heavy atom. The van der Waals surface area contributed by atoms with Crippen LogP contribution >= 0.6 is 0 Å². The van der Waals surface area contributed by atoms with Gasteiger partial charge in [0.1, 0.15) is 0 Å². The topological polar surface area (TPSA) is 84.3 Å². The molecule has 0 atom stereocenters. The number of nitro groups is 1. The van der Waals surface area contributed by atoms with Crippen molar-refractivity contribution in [1.29, 1.82) is 0 Å². The summed E-state index contributed by atoms with van der Waals surface area (Å²) in [6.07, 6.45) is 0. The summed E-state index contributed by atoms with van der Waals surface area (Å²) in [5.41, 5.74) is 3.91. The third-order valence-electron chi connectivity index (χ3n) is 3.51. The zero-order valence-corrected chi connectivity index (χ0v) is 13.3. The van der Waals surface area contributed by atoms with Crippen molar-refractivity contribution in [2.45, 2.75) is 20.8 Å². The van der Waals surface area contributed by atoms with E-state index in [4.69, 9.17) is 0 Å². The Morgan fingerprint density at radius 3 is 2.35 bits per heavy atom. The van der Waals surface area contributed by atoms with Gasteiger partial charge >= 0.3 is 0 Å². The second-order valence-corrected chi connectivity index (χ2v) is 5.48. The number of carbonyl (C=O) groups is 1. The zero-order chi connectivity index (χ0) is 17.0. The first kappa shape index (κ1) is 16.5. The van der Waals surface area contributed by atoms with Crippen LogP contribution in [0.25, 0.3) is 0 Å². The lowest BCUT2D eigenvalue weighted by Gasteiger charge is -2.11. The van der Waals surface area contributed by atoms with Crippen LogP contribution in [0.3, 0.4) is 0 Å². The van der Waals surface area contributed by atoms with Gasteiger partial charge < -0.3 is 10.6 Å². The van der Waals surface area contributed by atoms with E-state index in [1.807, 2.05) is 38.1 Å². The number of aryl methyl sites for hydroxylation is 3. The van der Waals surface area contributed by atoms with Crippen molar-refractivity contribution in [3.8, 4) is 0 Å². The fraction of sp³-hybridized carbons (Fsp3) is 0.235. The molecule has 0 heterocycles. The second kappa shape index (κ2) is 6.91. The highest BCUT2D eigenvalue weighted by atomic mass is 16.6. The number of hydrogen-bond donors (Lipinski definition) is 2. The predicted octanol–water partition coefficient (Wildman–Crippen LogP) is 3.57. The molecular weight excluding hydrogens is 294 g/mol. The number of nitro benzene ring substituents is 1. The van der Waals surface area contributed by atoms with Crippen LogP contribution in [0.1, 0.15) is 16.7 Å². The molecule has 120 valence electrons. The van der Waals surface area contributed by atoms with Crippen LogP contribution in [0.15, 0.2) is 36.4 Å². The van der Waals surface area contributed by atoms with Crippen LogP contribution in [0.2, 0.25) is 0 Å². The van der Waals surface area contributed by atoms with Gasteiger partial charge in [-0.1, -0.05) is 17.7 Å². The number of carbonyl (C=O) groups excluding carboxylic acids is 1. The predicted molar refractivity (Wildman–Crippen MR) is 90.9 cm³/mol. The number of nitrogens with one attached hydrogen (secondary N) is 2. The van der Waals surface area contributed by atoms with Gasteiger partial charge in [-0.2, -0.15) is 0 Å². The van der Waals surface area contributed by atoms with Crippen LogP contribution in [-0.4, -0.2) is 17.4 Å². The van der Waals surface area contributed by atoms with Gasteiger partial charge in [0.2, 0.25) is 5.91 Å². The summed E-state index contributed by atoms with van der Waals surface area (Å²) in [5.74, 6) is -0.212. The Morgan fingerprint density at radius 1 is 1.09 bits per heavy atom. The number of amides is 1. The maximum absolute atomic E-state index is 12.0. The number of anilines is 2. The normalized spacial score (nSPS) is 10.2. The molecular formula is C17H19N3O3. The van der Waals surface area contributed by atoms with Crippen molar-refractivity contribution >= 4 is 23.0 Å². The lowest BCUT2D eigenvalue weighted by molar-refractivity contribution is -0.385. The SMILES string of the molecule is Cc1ccc(NC(=O)CNc2cc([N+](=O)[O-])c(C)cc2C)cc1. The Hall–Kier alpha value is -2.89. The molecule has 0 aliphatic heterocycles. The lowest BCUT2D eigenvalue weighted by atomic mass is 10.1. The van der Waals surface area contributed by atoms with Crippen LogP contribution in [0.5, 0.6) is 0 Å². The maximum atomic E-state index is 12.0. The molecule has 23 heavy (non-hydrogen) atoms. The van der Waals surface area contributed by atoms with Crippen molar-refractivity contribution in [2.24, 2.45) is 0 Å². The fourth-order valence-electron chi connectivity index (χ4n) is 2.25. The third kappa shape index (κ3) is 4.29. The number of nitrogens with zero attached hydrogens (tertiary/aromatic N) is 1. The summed E-state index contributed by atoms with van der Waals surface area (Å²) < 4.78 is 0. The van der Waals surface area contributed by atoms with Gasteiger partial charge in [0, 0.05) is 23.0 Å². The Kier molecular flexibility index (Phi) is 4.95. The summed E-state index contributed by atoms with van der Waals surface area (Å²) in [6.45, 7) is 5.55. The minimum atomic E-state index is -0.424. The van der Waals surface area contributed by atoms with Crippen molar-refractivity contribution < 1.29 is 9.72 Å². The highest BCUT2D eigenvalue weighted by Gasteiger charge is 2.14. The molecule has 1 amide bonds. The van der Waals surface area contributed by atoms with E-state index in [9.17, 15) is 14.9 Å². The van der Waals surface area contributed by atoms with Gasteiger partial charge in [-0.3, -0.25) is 14.9 Å². The lowest BCUT2D eigenvalue weighted by Crippen LogP contribution is -2.22. The largest absolute Gasteiger partial charge is 0.376 e. The molecule has 0 bridgehead atoms. The molecule has 0 saturated heterocycles. The number of rotatable bonds is 5. The molecule has 0 aromatic heterocycles. The number of hydrogen-bond acceptors (Lipinski definition) is 4. The first-order chi connectivity index (χ1) is 10.9. The Bertz CT molecular complexity index is 739. The molecule has 0 aliphatic rings. The van der Waals surface area contributed by atoms with Gasteiger partial charge in [0.15, 0.2) is 0 Å². The molecule has 2 aromatic carbocycles. The second-order valence-electron chi connectivity index (χ2n) is 5.48. The van der Waals surface area contributed by atoms with Crippen molar-refractivity contribution in [2.75, 3.05) is 17.2 Å². The van der Waals surface area contributed by atoms with Crippen LogP contribution < -0.4 is 10.6 Å². The van der Waals surface area contributed by atoms with Crippen LogP contribution in [0, 0.1) is 30.9 Å². The average molecular weight is 313 g/mol. The van der Waals surface area contributed by atoms with E-state index in [1.165, 1.54) is 6.07 Å². The smallest absolute Gasteiger partial charge is 0.274 e. The molecule has 6 nitrogen and oxygen atoms in total. The van der Waals surface area contributed by atoms with Crippen LogP contribution in [0.4, 0.5) is 17.1 Å². The van der Waals surface area contributed by atoms with Gasteiger partial charge in [0.05, 0.1) is 11.5 Å². The summed E-state index contributed by atoms with van der Waals surface area (Å²) in [6, 6.07) is 10.7. The van der Waals surface area contributed by atoms with Gasteiger partial charge in [-0.25, -0.2) is 0 Å². The van der Waals surface area contributed by atoms with Crippen LogP contribution in [-0.2, 0) is 4.79 Å². The minimum absolute atomic E-state index is 0.0366. The maximum Gasteiger partial charge on any atom is 0.274 e. The Balaban J connectivity index is 2.02. The van der Waals surface area contributed by atoms with Gasteiger partial charge in [-0.05, 0) is 44.5 Å². The molecule has 0 radical (unpaired) electrons. The summed E-state index contributed by atoms with van der Waals surface area (Å²) >= 11 is 0. The van der Waals surface area contributed by atoms with Crippen molar-refractivity contribution in [3.05, 3.63) is 63.2 Å². The molecule has 2 rings (SSSR count). The quantitative estimate of drug-likeness (QED) is 0.653. The monoisotopic (exact) mass is 313 g/mol. The average Bonchev–Trinajstić information content (AvgIpc) is 2.48. The highest BCUT2D eigenvalue weighted by molar-refractivity contribution is 5.93. The van der Waals surface area contributed by atoms with E-state index in [0.717, 1.165) is 11.1 Å². The fourth-order valence-corrected chi connectivity index (χ4v) is 2.25. The van der Waals surface area contributed by atoms with E-state index in [2.05, 4.69) is 10.6 Å². The first-order valence-corrected chi connectivity index (χ1v) is 7.23. The molecule has 2 N–H and O–H groups in total. The molecule has 0 fully saturated rings. The molecule has 0 aliphatic carbocycles. The highest BCUT2D eigenvalue weighted by Crippen LogP contribution is 2.26. The third-order valence-corrected chi connectivity index (χ3v) is 3.51. The first-order valence-electron chi connectivity index (χ1n) is 7.23. The van der Waals surface area contributed by atoms with E-state index in [1.54, 1.807) is 13.0 Å². The summed E-state index contributed by atoms with van der Waals surface area (Å²) in [4.78, 5) is 22.5.